The van der Waals surface area contributed by atoms with Crippen molar-refractivity contribution in [2.75, 3.05) is 20.2 Å². The van der Waals surface area contributed by atoms with Gasteiger partial charge in [0.15, 0.2) is 10.6 Å². The van der Waals surface area contributed by atoms with Crippen molar-refractivity contribution in [1.29, 1.82) is 0 Å². The topological polar surface area (TPSA) is 63.1 Å². The molecule has 0 aliphatic carbocycles. The molecule has 1 aromatic heterocycles. The van der Waals surface area contributed by atoms with E-state index >= 15 is 0 Å². The number of nitrogens with one attached hydrogen (secondary N) is 1. The molecular formula is C21H24N4O2S. The number of carbonyl (C=O) groups excluding carboxylic acids is 1. The van der Waals surface area contributed by atoms with Gasteiger partial charge in [-0.05, 0) is 38.2 Å². The van der Waals surface area contributed by atoms with Gasteiger partial charge < -0.3 is 9.64 Å². The third-order valence-corrected chi connectivity index (χ3v) is 4.82. The van der Waals surface area contributed by atoms with Crippen LogP contribution in [-0.2, 0) is 11.3 Å². The Kier molecular flexibility index (Phi) is 6.26. The van der Waals surface area contributed by atoms with Crippen LogP contribution in [-0.4, -0.2) is 45.8 Å². The van der Waals surface area contributed by atoms with Crippen molar-refractivity contribution in [3.05, 3.63) is 64.4 Å². The molecular weight excluding hydrogens is 372 g/mol. The number of ether oxygens (including phenoxy) is 1. The molecule has 7 heteroatoms. The molecule has 2 aromatic carbocycles. The zero-order valence-electron chi connectivity index (χ0n) is 16.3. The van der Waals surface area contributed by atoms with Crippen LogP contribution in [0.25, 0.3) is 11.4 Å². The fraction of sp³-hybridized carbons (Fsp3) is 0.286. The van der Waals surface area contributed by atoms with Gasteiger partial charge in [0.05, 0.1) is 6.54 Å². The maximum Gasteiger partial charge on any atom is 0.242 e. The Hall–Kier alpha value is -2.93. The van der Waals surface area contributed by atoms with E-state index in [1.54, 1.807) is 16.5 Å². The Morgan fingerprint density at radius 2 is 1.71 bits per heavy atom. The lowest BCUT2D eigenvalue weighted by atomic mass is 10.1. The highest BCUT2D eigenvalue weighted by Gasteiger charge is 2.15. The molecule has 0 aliphatic heterocycles. The summed E-state index contributed by atoms with van der Waals surface area (Å²) >= 11 is 5.31. The second kappa shape index (κ2) is 8.84. The standard InChI is InChI=1S/C21H24N4O2S/c1-15-4-8-17(9-5-15)20-22-23-21(28)25(20)14-19(26)24(3)12-13-27-18-10-6-16(2)7-11-18/h4-11H,12-14H2,1-3H3,(H,23,28). The Morgan fingerprint density at radius 3 is 2.36 bits per heavy atom. The summed E-state index contributed by atoms with van der Waals surface area (Å²) in [4.78, 5) is 14.3. The average molecular weight is 397 g/mol. The third kappa shape index (κ3) is 4.86. The molecule has 0 atom stereocenters. The predicted molar refractivity (Wildman–Crippen MR) is 112 cm³/mol. The molecule has 28 heavy (non-hydrogen) atoms. The lowest BCUT2D eigenvalue weighted by Gasteiger charge is -2.18. The van der Waals surface area contributed by atoms with Gasteiger partial charge in [-0.2, -0.15) is 5.10 Å². The van der Waals surface area contributed by atoms with Gasteiger partial charge in [0.2, 0.25) is 5.91 Å². The molecule has 6 nitrogen and oxygen atoms in total. The number of hydrogen-bond acceptors (Lipinski definition) is 4. The number of aromatic amines is 1. The van der Waals surface area contributed by atoms with E-state index in [4.69, 9.17) is 17.0 Å². The van der Waals surface area contributed by atoms with Crippen molar-refractivity contribution >= 4 is 18.1 Å². The normalized spacial score (nSPS) is 10.7. The van der Waals surface area contributed by atoms with Gasteiger partial charge in [-0.15, -0.1) is 0 Å². The van der Waals surface area contributed by atoms with E-state index < -0.39 is 0 Å². The maximum absolute atomic E-state index is 12.6. The zero-order chi connectivity index (χ0) is 20.1. The number of nitrogens with zero attached hydrogens (tertiary/aromatic N) is 3. The second-order valence-electron chi connectivity index (χ2n) is 6.78. The molecule has 0 spiro atoms. The summed E-state index contributed by atoms with van der Waals surface area (Å²) in [5.74, 6) is 1.39. The van der Waals surface area contributed by atoms with Crippen LogP contribution < -0.4 is 4.74 Å². The van der Waals surface area contributed by atoms with E-state index in [-0.39, 0.29) is 12.5 Å². The van der Waals surface area contributed by atoms with Crippen LogP contribution in [0.4, 0.5) is 0 Å². The first kappa shape index (κ1) is 19.8. The number of benzene rings is 2. The largest absolute Gasteiger partial charge is 0.492 e. The first-order valence-electron chi connectivity index (χ1n) is 9.10. The number of rotatable bonds is 7. The number of hydrogen-bond donors (Lipinski definition) is 1. The fourth-order valence-corrected chi connectivity index (χ4v) is 2.90. The van der Waals surface area contributed by atoms with Crippen LogP contribution in [0, 0.1) is 18.6 Å². The molecule has 3 rings (SSSR count). The smallest absolute Gasteiger partial charge is 0.242 e. The molecule has 0 radical (unpaired) electrons. The monoisotopic (exact) mass is 396 g/mol. The zero-order valence-corrected chi connectivity index (χ0v) is 17.1. The quantitative estimate of drug-likeness (QED) is 0.618. The molecule has 0 aliphatic rings. The van der Waals surface area contributed by atoms with E-state index in [1.807, 2.05) is 62.4 Å². The molecule has 1 heterocycles. The van der Waals surface area contributed by atoms with Gasteiger partial charge in [0, 0.05) is 12.6 Å². The van der Waals surface area contributed by atoms with Gasteiger partial charge in [0.1, 0.15) is 18.9 Å². The van der Waals surface area contributed by atoms with Gasteiger partial charge in [0.25, 0.3) is 0 Å². The van der Waals surface area contributed by atoms with E-state index in [9.17, 15) is 4.79 Å². The number of likely N-dealkylation sites (N-methyl/N-ethyl adjacent to an activating group) is 1. The summed E-state index contributed by atoms with van der Waals surface area (Å²) in [5, 5.41) is 7.07. The molecule has 0 saturated carbocycles. The van der Waals surface area contributed by atoms with Crippen LogP contribution in [0.1, 0.15) is 11.1 Å². The summed E-state index contributed by atoms with van der Waals surface area (Å²) < 4.78 is 7.85. The lowest BCUT2D eigenvalue weighted by Crippen LogP contribution is -2.33. The SMILES string of the molecule is Cc1ccc(OCCN(C)C(=O)Cn2c(-c3ccc(C)cc3)n[nH]c2=S)cc1. The minimum absolute atomic E-state index is 0.0571. The Morgan fingerprint density at radius 1 is 1.11 bits per heavy atom. The van der Waals surface area contributed by atoms with E-state index in [2.05, 4.69) is 10.2 Å². The van der Waals surface area contributed by atoms with Crippen LogP contribution in [0.3, 0.4) is 0 Å². The highest BCUT2D eigenvalue weighted by Crippen LogP contribution is 2.18. The molecule has 0 saturated heterocycles. The van der Waals surface area contributed by atoms with Gasteiger partial charge in [-0.1, -0.05) is 47.5 Å². The van der Waals surface area contributed by atoms with Crippen molar-refractivity contribution in [2.45, 2.75) is 20.4 Å². The molecule has 0 fully saturated rings. The Bertz CT molecular complexity index is 990. The number of H-pyrrole nitrogens is 1. The number of amides is 1. The highest BCUT2D eigenvalue weighted by molar-refractivity contribution is 7.71. The van der Waals surface area contributed by atoms with Crippen LogP contribution >= 0.6 is 12.2 Å². The van der Waals surface area contributed by atoms with Crippen LogP contribution in [0.5, 0.6) is 5.75 Å². The van der Waals surface area contributed by atoms with Crippen LogP contribution in [0.2, 0.25) is 0 Å². The Labute approximate surface area is 169 Å². The molecule has 3 aromatic rings. The van der Waals surface area contributed by atoms with Crippen molar-refractivity contribution < 1.29 is 9.53 Å². The van der Waals surface area contributed by atoms with Gasteiger partial charge in [-0.3, -0.25) is 14.5 Å². The van der Waals surface area contributed by atoms with Crippen molar-refractivity contribution in [2.24, 2.45) is 0 Å². The molecule has 0 bridgehead atoms. The minimum atomic E-state index is -0.0571. The molecule has 1 N–H and O–H groups in total. The lowest BCUT2D eigenvalue weighted by molar-refractivity contribution is -0.130. The minimum Gasteiger partial charge on any atom is -0.492 e. The first-order valence-corrected chi connectivity index (χ1v) is 9.50. The summed E-state index contributed by atoms with van der Waals surface area (Å²) in [6.45, 7) is 5.09. The van der Waals surface area contributed by atoms with Crippen molar-refractivity contribution in [1.82, 2.24) is 19.7 Å². The van der Waals surface area contributed by atoms with E-state index in [0.717, 1.165) is 16.9 Å². The fourth-order valence-electron chi connectivity index (χ4n) is 2.70. The van der Waals surface area contributed by atoms with Gasteiger partial charge >= 0.3 is 0 Å². The summed E-state index contributed by atoms with van der Waals surface area (Å²) in [6.07, 6.45) is 0. The first-order chi connectivity index (χ1) is 13.4. The Balaban J connectivity index is 1.61. The molecule has 0 unspecified atom stereocenters. The number of carbonyl (C=O) groups is 1. The summed E-state index contributed by atoms with van der Waals surface area (Å²) in [5.41, 5.74) is 3.26. The predicted octanol–water partition coefficient (Wildman–Crippen LogP) is 3.76. The second-order valence-corrected chi connectivity index (χ2v) is 7.17. The van der Waals surface area contributed by atoms with E-state index in [0.29, 0.717) is 23.7 Å². The third-order valence-electron chi connectivity index (χ3n) is 4.50. The van der Waals surface area contributed by atoms with E-state index in [1.165, 1.54) is 5.56 Å². The van der Waals surface area contributed by atoms with Gasteiger partial charge in [-0.25, -0.2) is 0 Å². The molecule has 1 amide bonds. The van der Waals surface area contributed by atoms with Crippen molar-refractivity contribution in [3.8, 4) is 17.1 Å². The maximum atomic E-state index is 12.6. The van der Waals surface area contributed by atoms with Crippen molar-refractivity contribution in [3.63, 3.8) is 0 Å². The number of aromatic nitrogens is 3. The van der Waals surface area contributed by atoms with Crippen LogP contribution in [0.15, 0.2) is 48.5 Å². The summed E-state index contributed by atoms with van der Waals surface area (Å²) in [7, 11) is 1.76. The summed E-state index contributed by atoms with van der Waals surface area (Å²) in [6, 6.07) is 15.8. The highest BCUT2D eigenvalue weighted by atomic mass is 32.1. The number of aryl methyl sites for hydroxylation is 2. The molecule has 146 valence electrons. The average Bonchev–Trinajstić information content (AvgIpc) is 3.04.